The highest BCUT2D eigenvalue weighted by molar-refractivity contribution is 6.42. The summed E-state index contributed by atoms with van der Waals surface area (Å²) in [6, 6.07) is 9.65. The van der Waals surface area contributed by atoms with Gasteiger partial charge in [0.15, 0.2) is 0 Å². The van der Waals surface area contributed by atoms with Gasteiger partial charge in [0, 0.05) is 23.1 Å². The maximum Gasteiger partial charge on any atom is 0.270 e. The van der Waals surface area contributed by atoms with Gasteiger partial charge in [0.05, 0.1) is 20.5 Å². The maximum atomic E-state index is 10.8. The fourth-order valence-electron chi connectivity index (χ4n) is 1.98. The van der Waals surface area contributed by atoms with Gasteiger partial charge in [0.1, 0.15) is 5.69 Å². The van der Waals surface area contributed by atoms with Gasteiger partial charge in [-0.15, -0.1) is 12.4 Å². The zero-order chi connectivity index (χ0) is 14.3. The summed E-state index contributed by atoms with van der Waals surface area (Å²) >= 11 is 11.9. The summed E-state index contributed by atoms with van der Waals surface area (Å²) in [6.45, 7) is 0. The number of fused-ring (bicyclic) bond motifs is 1. The average molecular weight is 345 g/mol. The van der Waals surface area contributed by atoms with Gasteiger partial charge >= 0.3 is 0 Å². The molecule has 3 rings (SSSR count). The number of H-pyrrole nitrogens is 1. The van der Waals surface area contributed by atoms with Gasteiger partial charge in [0.2, 0.25) is 0 Å². The van der Waals surface area contributed by atoms with Crippen LogP contribution in [0.4, 0.5) is 5.69 Å². The number of benzene rings is 2. The molecule has 0 atom stereocenters. The van der Waals surface area contributed by atoms with Gasteiger partial charge < -0.3 is 0 Å². The predicted octanol–water partition coefficient (Wildman–Crippen LogP) is 4.87. The molecule has 108 valence electrons. The number of halogens is 3. The van der Waals surface area contributed by atoms with Gasteiger partial charge in [0.25, 0.3) is 5.69 Å². The number of non-ortho nitro benzene ring substituents is 1. The Morgan fingerprint density at radius 3 is 2.52 bits per heavy atom. The van der Waals surface area contributed by atoms with Gasteiger partial charge in [-0.2, -0.15) is 5.10 Å². The fraction of sp³-hybridized carbons (Fsp3) is 0. The lowest BCUT2D eigenvalue weighted by atomic mass is 10.1. The Bertz CT molecular complexity index is 833. The third kappa shape index (κ3) is 2.81. The molecule has 0 amide bonds. The molecule has 0 aliphatic heterocycles. The quantitative estimate of drug-likeness (QED) is 0.532. The van der Waals surface area contributed by atoms with Crippen molar-refractivity contribution in [1.29, 1.82) is 0 Å². The van der Waals surface area contributed by atoms with Gasteiger partial charge in [-0.25, -0.2) is 0 Å². The van der Waals surface area contributed by atoms with Gasteiger partial charge in [-0.05, 0) is 18.2 Å². The lowest BCUT2D eigenvalue weighted by Crippen LogP contribution is -1.87. The first-order valence-corrected chi connectivity index (χ1v) is 6.40. The first-order chi connectivity index (χ1) is 9.56. The summed E-state index contributed by atoms with van der Waals surface area (Å²) in [5.74, 6) is 0. The van der Waals surface area contributed by atoms with E-state index >= 15 is 0 Å². The summed E-state index contributed by atoms with van der Waals surface area (Å²) in [7, 11) is 0. The minimum Gasteiger partial charge on any atom is -0.277 e. The molecule has 0 saturated heterocycles. The van der Waals surface area contributed by atoms with Crippen molar-refractivity contribution in [2.75, 3.05) is 0 Å². The van der Waals surface area contributed by atoms with Crippen molar-refractivity contribution in [1.82, 2.24) is 10.2 Å². The monoisotopic (exact) mass is 343 g/mol. The highest BCUT2D eigenvalue weighted by atomic mass is 35.5. The Morgan fingerprint density at radius 1 is 1.10 bits per heavy atom. The second kappa shape index (κ2) is 5.89. The first kappa shape index (κ1) is 15.6. The van der Waals surface area contributed by atoms with E-state index in [9.17, 15) is 10.1 Å². The van der Waals surface area contributed by atoms with Crippen LogP contribution in [0, 0.1) is 10.1 Å². The Morgan fingerprint density at radius 2 is 1.86 bits per heavy atom. The number of nitrogens with one attached hydrogen (secondary N) is 1. The zero-order valence-electron chi connectivity index (χ0n) is 10.3. The molecular formula is C13H8Cl3N3O2. The SMILES string of the molecule is Cl.O=[N+]([O-])c1ccc2[nH]nc(-c3ccc(Cl)c(Cl)c3)c2c1. The summed E-state index contributed by atoms with van der Waals surface area (Å²) < 4.78 is 0. The molecule has 5 nitrogen and oxygen atoms in total. The largest absolute Gasteiger partial charge is 0.277 e. The number of aromatic amines is 1. The van der Waals surface area contributed by atoms with Crippen molar-refractivity contribution in [2.24, 2.45) is 0 Å². The standard InChI is InChI=1S/C13H7Cl2N3O2.ClH/c14-10-3-1-7(5-11(10)15)13-9-6-8(18(19)20)2-4-12(9)16-17-13;/h1-6H,(H,16,17);1H. The Hall–Kier alpha value is -1.82. The number of hydrogen-bond donors (Lipinski definition) is 1. The van der Waals surface area contributed by atoms with E-state index in [1.807, 2.05) is 0 Å². The number of rotatable bonds is 2. The van der Waals surface area contributed by atoms with Crippen molar-refractivity contribution in [3.05, 3.63) is 56.6 Å². The third-order valence-electron chi connectivity index (χ3n) is 2.95. The molecule has 0 bridgehead atoms. The number of hydrogen-bond acceptors (Lipinski definition) is 3. The lowest BCUT2D eigenvalue weighted by molar-refractivity contribution is -0.384. The van der Waals surface area contributed by atoms with E-state index in [1.54, 1.807) is 24.3 Å². The number of nitrogens with zero attached hydrogens (tertiary/aromatic N) is 2. The van der Waals surface area contributed by atoms with E-state index in [0.717, 1.165) is 11.1 Å². The molecule has 1 heterocycles. The zero-order valence-corrected chi connectivity index (χ0v) is 12.7. The van der Waals surface area contributed by atoms with Crippen molar-refractivity contribution in [2.45, 2.75) is 0 Å². The van der Waals surface area contributed by atoms with E-state index in [0.29, 0.717) is 21.1 Å². The molecule has 8 heteroatoms. The molecule has 3 aromatic rings. The highest BCUT2D eigenvalue weighted by Crippen LogP contribution is 2.32. The van der Waals surface area contributed by atoms with Crippen LogP contribution < -0.4 is 0 Å². The van der Waals surface area contributed by atoms with Crippen LogP contribution in [-0.2, 0) is 0 Å². The molecule has 0 radical (unpaired) electrons. The van der Waals surface area contributed by atoms with E-state index < -0.39 is 4.92 Å². The Balaban J connectivity index is 0.00000161. The molecule has 0 aliphatic carbocycles. The van der Waals surface area contributed by atoms with Crippen molar-refractivity contribution < 1.29 is 4.92 Å². The number of nitro benzene ring substituents is 1. The molecule has 21 heavy (non-hydrogen) atoms. The van der Waals surface area contributed by atoms with Crippen LogP contribution in [0.3, 0.4) is 0 Å². The highest BCUT2D eigenvalue weighted by Gasteiger charge is 2.13. The summed E-state index contributed by atoms with van der Waals surface area (Å²) in [4.78, 5) is 10.4. The average Bonchev–Trinajstić information content (AvgIpc) is 2.84. The van der Waals surface area contributed by atoms with Gasteiger partial charge in [-0.3, -0.25) is 15.2 Å². The Kier molecular flexibility index (Phi) is 4.37. The maximum absolute atomic E-state index is 10.8. The normalized spacial score (nSPS) is 10.4. The van der Waals surface area contributed by atoms with Crippen LogP contribution in [-0.4, -0.2) is 15.1 Å². The van der Waals surface area contributed by atoms with Crippen LogP contribution >= 0.6 is 35.6 Å². The van der Waals surface area contributed by atoms with Crippen molar-refractivity contribution in [3.63, 3.8) is 0 Å². The fourth-order valence-corrected chi connectivity index (χ4v) is 2.28. The van der Waals surface area contributed by atoms with E-state index in [4.69, 9.17) is 23.2 Å². The Labute approximate surface area is 135 Å². The molecular weight excluding hydrogens is 337 g/mol. The molecule has 2 aromatic carbocycles. The molecule has 0 spiro atoms. The van der Waals surface area contributed by atoms with E-state index in [1.165, 1.54) is 12.1 Å². The molecule has 1 aromatic heterocycles. The number of aromatic nitrogens is 2. The van der Waals surface area contributed by atoms with Crippen LogP contribution in [0.2, 0.25) is 10.0 Å². The van der Waals surface area contributed by atoms with Crippen molar-refractivity contribution in [3.8, 4) is 11.3 Å². The predicted molar refractivity (Wildman–Crippen MR) is 85.5 cm³/mol. The second-order valence-electron chi connectivity index (χ2n) is 4.19. The molecule has 0 fully saturated rings. The molecule has 1 N–H and O–H groups in total. The van der Waals surface area contributed by atoms with Crippen molar-refractivity contribution >= 4 is 52.2 Å². The third-order valence-corrected chi connectivity index (χ3v) is 3.69. The van der Waals surface area contributed by atoms with Crippen LogP contribution in [0.5, 0.6) is 0 Å². The van der Waals surface area contributed by atoms with Gasteiger partial charge in [-0.1, -0.05) is 29.3 Å². The summed E-state index contributed by atoms with van der Waals surface area (Å²) in [5.41, 5.74) is 2.07. The van der Waals surface area contributed by atoms with Crippen LogP contribution in [0.15, 0.2) is 36.4 Å². The summed E-state index contributed by atoms with van der Waals surface area (Å²) in [5, 5.41) is 19.4. The summed E-state index contributed by atoms with van der Waals surface area (Å²) in [6.07, 6.45) is 0. The first-order valence-electron chi connectivity index (χ1n) is 5.64. The minimum atomic E-state index is -0.439. The second-order valence-corrected chi connectivity index (χ2v) is 5.00. The number of nitro groups is 1. The molecule has 0 unspecified atom stereocenters. The molecule has 0 saturated carbocycles. The van der Waals surface area contributed by atoms with Crippen LogP contribution in [0.1, 0.15) is 0 Å². The topological polar surface area (TPSA) is 71.8 Å². The lowest BCUT2D eigenvalue weighted by Gasteiger charge is -2.00. The van der Waals surface area contributed by atoms with E-state index in [-0.39, 0.29) is 18.1 Å². The minimum absolute atomic E-state index is 0. The molecule has 0 aliphatic rings. The van der Waals surface area contributed by atoms with Crippen LogP contribution in [0.25, 0.3) is 22.2 Å². The van der Waals surface area contributed by atoms with E-state index in [2.05, 4.69) is 10.2 Å². The smallest absolute Gasteiger partial charge is 0.270 e.